The van der Waals surface area contributed by atoms with Crippen LogP contribution in [0.4, 0.5) is 5.95 Å². The number of carbonyl (C=O) groups excluding carboxylic acids is 1. The Morgan fingerprint density at radius 3 is 2.60 bits per heavy atom. The molecule has 1 heterocycles. The quantitative estimate of drug-likeness (QED) is 0.757. The molecule has 0 atom stereocenters. The number of hydrogen-bond acceptors (Lipinski definition) is 4. The molecule has 0 saturated carbocycles. The van der Waals surface area contributed by atoms with Gasteiger partial charge < -0.3 is 10.6 Å². The predicted octanol–water partition coefficient (Wildman–Crippen LogP) is 3.71. The van der Waals surface area contributed by atoms with Crippen LogP contribution in [0.15, 0.2) is 54.4 Å². The maximum atomic E-state index is 12.1. The van der Waals surface area contributed by atoms with Crippen molar-refractivity contribution in [3.8, 4) is 0 Å². The highest BCUT2D eigenvalue weighted by Gasteiger charge is 2.07. The van der Waals surface area contributed by atoms with Gasteiger partial charge in [-0.25, -0.2) is 9.97 Å². The first-order valence-corrected chi connectivity index (χ1v) is 8.87. The van der Waals surface area contributed by atoms with Crippen LogP contribution in [0, 0.1) is 0 Å². The Balaban J connectivity index is 1.44. The number of allylic oxidation sites excluding steroid dienone is 1. The van der Waals surface area contributed by atoms with Crippen molar-refractivity contribution in [3.63, 3.8) is 0 Å². The lowest BCUT2D eigenvalue weighted by atomic mass is 9.97. The van der Waals surface area contributed by atoms with Crippen molar-refractivity contribution in [1.29, 1.82) is 0 Å². The highest BCUT2D eigenvalue weighted by molar-refractivity contribution is 5.93. The summed E-state index contributed by atoms with van der Waals surface area (Å²) in [6.45, 7) is 1.32. The third-order valence-electron chi connectivity index (χ3n) is 4.32. The fourth-order valence-electron chi connectivity index (χ4n) is 2.88. The minimum atomic E-state index is -0.164. The van der Waals surface area contributed by atoms with Crippen molar-refractivity contribution < 1.29 is 4.79 Å². The molecule has 0 aliphatic heterocycles. The average molecular weight is 336 g/mol. The van der Waals surface area contributed by atoms with Crippen LogP contribution in [0.3, 0.4) is 0 Å². The van der Waals surface area contributed by atoms with E-state index in [1.807, 2.05) is 30.3 Å². The maximum Gasteiger partial charge on any atom is 0.254 e. The molecule has 5 nitrogen and oxygen atoms in total. The summed E-state index contributed by atoms with van der Waals surface area (Å²) in [6, 6.07) is 9.82. The molecule has 1 amide bonds. The van der Waals surface area contributed by atoms with Crippen molar-refractivity contribution in [1.82, 2.24) is 15.3 Å². The number of benzene rings is 1. The number of hydrogen-bond donors (Lipinski definition) is 2. The van der Waals surface area contributed by atoms with Crippen LogP contribution in [0.2, 0.25) is 0 Å². The molecule has 25 heavy (non-hydrogen) atoms. The van der Waals surface area contributed by atoms with Gasteiger partial charge in [0, 0.05) is 25.5 Å². The van der Waals surface area contributed by atoms with E-state index in [1.165, 1.54) is 31.3 Å². The molecule has 0 unspecified atom stereocenters. The number of aromatic nitrogens is 2. The first kappa shape index (κ1) is 17.1. The zero-order valence-corrected chi connectivity index (χ0v) is 14.4. The number of anilines is 1. The monoisotopic (exact) mass is 336 g/mol. The highest BCUT2D eigenvalue weighted by atomic mass is 16.1. The second-order valence-corrected chi connectivity index (χ2v) is 6.25. The summed E-state index contributed by atoms with van der Waals surface area (Å²) in [7, 11) is 0. The van der Waals surface area contributed by atoms with Crippen LogP contribution < -0.4 is 10.6 Å². The molecule has 2 aromatic rings. The zero-order valence-electron chi connectivity index (χ0n) is 14.4. The second-order valence-electron chi connectivity index (χ2n) is 6.25. The first-order valence-electron chi connectivity index (χ1n) is 8.87. The van der Waals surface area contributed by atoms with E-state index < -0.39 is 0 Å². The number of nitrogens with one attached hydrogen (secondary N) is 2. The molecule has 0 fully saturated rings. The molecule has 1 aliphatic carbocycles. The van der Waals surface area contributed by atoms with Gasteiger partial charge >= 0.3 is 0 Å². The smallest absolute Gasteiger partial charge is 0.254 e. The average Bonchev–Trinajstić information content (AvgIpc) is 2.68. The summed E-state index contributed by atoms with van der Waals surface area (Å²) in [6.07, 6.45) is 11.5. The second kappa shape index (κ2) is 8.97. The first-order chi connectivity index (χ1) is 12.3. The van der Waals surface area contributed by atoms with Crippen molar-refractivity contribution >= 4 is 11.9 Å². The topological polar surface area (TPSA) is 66.9 Å². The lowest BCUT2D eigenvalue weighted by molar-refractivity contribution is 0.0950. The summed E-state index contributed by atoms with van der Waals surface area (Å²) in [5, 5.41) is 6.10. The van der Waals surface area contributed by atoms with E-state index >= 15 is 0 Å². The lowest BCUT2D eigenvalue weighted by Gasteiger charge is -2.12. The van der Waals surface area contributed by atoms with Gasteiger partial charge in [0.15, 0.2) is 0 Å². The molecule has 2 N–H and O–H groups in total. The third kappa shape index (κ3) is 5.41. The Kier molecular flexibility index (Phi) is 6.15. The SMILES string of the molecule is O=C(NCc1ccccc1)c1cnc(NCCC2=CCCCC2)nc1. The zero-order chi connectivity index (χ0) is 17.3. The summed E-state index contributed by atoms with van der Waals surface area (Å²) in [5.41, 5.74) is 3.05. The third-order valence-corrected chi connectivity index (χ3v) is 4.32. The molecule has 1 aliphatic rings. The van der Waals surface area contributed by atoms with Crippen molar-refractivity contribution in [2.75, 3.05) is 11.9 Å². The number of amides is 1. The minimum absolute atomic E-state index is 0.164. The van der Waals surface area contributed by atoms with E-state index in [0.29, 0.717) is 18.1 Å². The maximum absolute atomic E-state index is 12.1. The summed E-state index contributed by atoms with van der Waals surface area (Å²) >= 11 is 0. The van der Waals surface area contributed by atoms with Gasteiger partial charge in [0.05, 0.1) is 5.56 Å². The van der Waals surface area contributed by atoms with Gasteiger partial charge in [0.25, 0.3) is 5.91 Å². The van der Waals surface area contributed by atoms with Crippen LogP contribution in [0.25, 0.3) is 0 Å². The Morgan fingerprint density at radius 1 is 1.08 bits per heavy atom. The van der Waals surface area contributed by atoms with E-state index in [-0.39, 0.29) is 5.91 Å². The molecule has 1 aromatic carbocycles. The van der Waals surface area contributed by atoms with E-state index in [2.05, 4.69) is 26.7 Å². The van der Waals surface area contributed by atoms with E-state index in [9.17, 15) is 4.79 Å². The Labute approximate surface area is 148 Å². The molecule has 0 radical (unpaired) electrons. The molecule has 5 heteroatoms. The van der Waals surface area contributed by atoms with E-state index in [1.54, 1.807) is 12.4 Å². The Morgan fingerprint density at radius 2 is 1.88 bits per heavy atom. The van der Waals surface area contributed by atoms with Gasteiger partial charge in [-0.2, -0.15) is 0 Å². The van der Waals surface area contributed by atoms with Crippen molar-refractivity contribution in [2.45, 2.75) is 38.6 Å². The van der Waals surface area contributed by atoms with Gasteiger partial charge in [-0.3, -0.25) is 4.79 Å². The van der Waals surface area contributed by atoms with Crippen LogP contribution >= 0.6 is 0 Å². The molecule has 130 valence electrons. The van der Waals surface area contributed by atoms with Crippen LogP contribution in [0.5, 0.6) is 0 Å². The Bertz CT molecular complexity index is 710. The minimum Gasteiger partial charge on any atom is -0.354 e. The summed E-state index contributed by atoms with van der Waals surface area (Å²) in [5.74, 6) is 0.402. The Hall–Kier alpha value is -2.69. The lowest BCUT2D eigenvalue weighted by Crippen LogP contribution is -2.23. The van der Waals surface area contributed by atoms with Crippen molar-refractivity contribution in [2.24, 2.45) is 0 Å². The number of nitrogens with zero attached hydrogens (tertiary/aromatic N) is 2. The van der Waals surface area contributed by atoms with Gasteiger partial charge in [0.1, 0.15) is 0 Å². The van der Waals surface area contributed by atoms with Gasteiger partial charge in [-0.1, -0.05) is 42.0 Å². The van der Waals surface area contributed by atoms with E-state index in [0.717, 1.165) is 18.5 Å². The molecule has 0 bridgehead atoms. The van der Waals surface area contributed by atoms with Gasteiger partial charge in [0.2, 0.25) is 5.95 Å². The fraction of sp³-hybridized carbons (Fsp3) is 0.350. The van der Waals surface area contributed by atoms with Crippen molar-refractivity contribution in [3.05, 3.63) is 65.5 Å². The molecular formula is C20H24N4O. The predicted molar refractivity (Wildman–Crippen MR) is 99.3 cm³/mol. The summed E-state index contributed by atoms with van der Waals surface area (Å²) < 4.78 is 0. The van der Waals surface area contributed by atoms with Crippen LogP contribution in [-0.2, 0) is 6.54 Å². The summed E-state index contributed by atoms with van der Waals surface area (Å²) in [4.78, 5) is 20.6. The van der Waals surface area contributed by atoms with Gasteiger partial charge in [-0.05, 0) is 37.7 Å². The molecule has 0 spiro atoms. The molecule has 0 saturated heterocycles. The number of rotatable bonds is 7. The van der Waals surface area contributed by atoms with Crippen LogP contribution in [0.1, 0.15) is 48.0 Å². The standard InChI is InChI=1S/C20H24N4O/c25-19(22-13-17-9-5-2-6-10-17)18-14-23-20(24-15-18)21-12-11-16-7-3-1-4-8-16/h2,5-7,9-10,14-15H,1,3-4,8,11-13H2,(H,22,25)(H,21,23,24). The number of carbonyl (C=O) groups is 1. The molecule has 3 rings (SSSR count). The van der Waals surface area contributed by atoms with Gasteiger partial charge in [-0.15, -0.1) is 0 Å². The molecule has 1 aromatic heterocycles. The highest BCUT2D eigenvalue weighted by Crippen LogP contribution is 2.19. The van der Waals surface area contributed by atoms with E-state index in [4.69, 9.17) is 0 Å². The van der Waals surface area contributed by atoms with Crippen LogP contribution in [-0.4, -0.2) is 22.4 Å². The fourth-order valence-corrected chi connectivity index (χ4v) is 2.88. The largest absolute Gasteiger partial charge is 0.354 e. The normalized spacial score (nSPS) is 13.8. The molecular weight excluding hydrogens is 312 g/mol.